The van der Waals surface area contributed by atoms with Crippen LogP contribution < -0.4 is 5.56 Å². The Balaban J connectivity index is 1.74. The van der Waals surface area contributed by atoms with E-state index in [0.717, 1.165) is 10.9 Å². The third-order valence-electron chi connectivity index (χ3n) is 5.24. The van der Waals surface area contributed by atoms with E-state index in [-0.39, 0.29) is 17.4 Å². The molecule has 1 N–H and O–H groups in total. The second kappa shape index (κ2) is 7.96. The van der Waals surface area contributed by atoms with E-state index < -0.39 is 0 Å². The summed E-state index contributed by atoms with van der Waals surface area (Å²) in [5.74, 6) is 0.101. The number of rotatable bonds is 5. The minimum atomic E-state index is -0.242. The Morgan fingerprint density at radius 3 is 2.38 bits per heavy atom. The minimum Gasteiger partial charge on any atom is -0.493 e. The molecular weight excluding hydrogens is 402 g/mol. The quantitative estimate of drug-likeness (QED) is 0.294. The van der Waals surface area contributed by atoms with Crippen molar-refractivity contribution < 1.29 is 5.11 Å². The van der Waals surface area contributed by atoms with Crippen molar-refractivity contribution >= 4 is 33.4 Å². The van der Waals surface area contributed by atoms with Gasteiger partial charge in [-0.05, 0) is 30.3 Å². The summed E-state index contributed by atoms with van der Waals surface area (Å²) in [7, 11) is 0. The summed E-state index contributed by atoms with van der Waals surface area (Å²) in [5.41, 5.74) is 2.03. The van der Waals surface area contributed by atoms with Crippen LogP contribution in [0, 0.1) is 0 Å². The maximum atomic E-state index is 13.3. The molecule has 156 valence electrons. The molecule has 0 spiro atoms. The minimum absolute atomic E-state index is 0.0238. The number of benzene rings is 3. The van der Waals surface area contributed by atoms with Crippen LogP contribution in [0.15, 0.2) is 107 Å². The number of fused-ring (bicyclic) bond motifs is 2. The van der Waals surface area contributed by atoms with Crippen LogP contribution in [0.5, 0.6) is 5.88 Å². The lowest BCUT2D eigenvalue weighted by Crippen LogP contribution is -2.19. The molecule has 0 atom stereocenters. The SMILES string of the molecule is C=CCn1c(O)c(N=Nc2nc3ccccc3c(=O)n2-c2ccccc2)c2ccccc21. The predicted octanol–water partition coefficient (Wildman–Crippen LogP) is 5.65. The van der Waals surface area contributed by atoms with Crippen LogP contribution in [-0.2, 0) is 6.54 Å². The molecule has 5 aromatic rings. The standard InChI is InChI=1S/C25H19N5O2/c1-2-16-29-21-15-9-7-13-19(21)22(24(29)32)27-28-25-26-20-14-8-6-12-18(20)23(31)30(25)17-10-4-3-5-11-17/h2-15,32H,1,16H2. The second-order valence-corrected chi connectivity index (χ2v) is 7.19. The topological polar surface area (TPSA) is 84.8 Å². The van der Waals surface area contributed by atoms with E-state index in [2.05, 4.69) is 21.8 Å². The van der Waals surface area contributed by atoms with Crippen molar-refractivity contribution in [1.29, 1.82) is 0 Å². The smallest absolute Gasteiger partial charge is 0.267 e. The number of allylic oxidation sites excluding steroid dienone is 1. The molecule has 0 fully saturated rings. The maximum Gasteiger partial charge on any atom is 0.267 e. The van der Waals surface area contributed by atoms with Crippen molar-refractivity contribution in [3.63, 3.8) is 0 Å². The molecule has 7 heteroatoms. The molecular formula is C25H19N5O2. The van der Waals surface area contributed by atoms with Gasteiger partial charge < -0.3 is 9.67 Å². The van der Waals surface area contributed by atoms with Gasteiger partial charge in [-0.1, -0.05) is 54.6 Å². The van der Waals surface area contributed by atoms with Crippen molar-refractivity contribution in [1.82, 2.24) is 14.1 Å². The highest BCUT2D eigenvalue weighted by Gasteiger charge is 2.17. The van der Waals surface area contributed by atoms with Crippen molar-refractivity contribution in [3.05, 3.63) is 102 Å². The van der Waals surface area contributed by atoms with Gasteiger partial charge in [0.1, 0.15) is 0 Å². The van der Waals surface area contributed by atoms with Gasteiger partial charge in [0.15, 0.2) is 5.69 Å². The van der Waals surface area contributed by atoms with Gasteiger partial charge in [-0.25, -0.2) is 9.55 Å². The third-order valence-corrected chi connectivity index (χ3v) is 5.24. The number of azo groups is 1. The summed E-state index contributed by atoms with van der Waals surface area (Å²) >= 11 is 0. The lowest BCUT2D eigenvalue weighted by molar-refractivity contribution is 0.431. The molecule has 5 rings (SSSR count). The van der Waals surface area contributed by atoms with Gasteiger partial charge in [0.2, 0.25) is 5.88 Å². The molecule has 7 nitrogen and oxygen atoms in total. The highest BCUT2D eigenvalue weighted by molar-refractivity contribution is 5.95. The summed E-state index contributed by atoms with van der Waals surface area (Å²) in [4.78, 5) is 17.9. The van der Waals surface area contributed by atoms with Gasteiger partial charge in [0.25, 0.3) is 11.5 Å². The zero-order chi connectivity index (χ0) is 22.1. The monoisotopic (exact) mass is 421 g/mol. The first-order valence-electron chi connectivity index (χ1n) is 10.1. The van der Waals surface area contributed by atoms with Crippen LogP contribution in [-0.4, -0.2) is 19.2 Å². The zero-order valence-electron chi connectivity index (χ0n) is 17.1. The Labute approximate surface area is 183 Å². The fourth-order valence-electron chi connectivity index (χ4n) is 3.78. The molecule has 0 aliphatic carbocycles. The fraction of sp³-hybridized carbons (Fsp3) is 0.0400. The lowest BCUT2D eigenvalue weighted by atomic mass is 10.2. The third kappa shape index (κ3) is 3.16. The normalized spacial score (nSPS) is 11.5. The summed E-state index contributed by atoms with van der Waals surface area (Å²) in [6.45, 7) is 4.18. The van der Waals surface area contributed by atoms with Gasteiger partial charge in [-0.15, -0.1) is 16.8 Å². The molecule has 2 aromatic heterocycles. The van der Waals surface area contributed by atoms with E-state index in [1.54, 1.807) is 28.8 Å². The first-order valence-corrected chi connectivity index (χ1v) is 10.1. The predicted molar refractivity (Wildman–Crippen MR) is 125 cm³/mol. The van der Waals surface area contributed by atoms with E-state index in [1.807, 2.05) is 60.7 Å². The van der Waals surface area contributed by atoms with E-state index in [1.165, 1.54) is 4.57 Å². The van der Waals surface area contributed by atoms with Crippen LogP contribution in [0.3, 0.4) is 0 Å². The Morgan fingerprint density at radius 1 is 0.906 bits per heavy atom. The largest absolute Gasteiger partial charge is 0.493 e. The molecule has 0 bridgehead atoms. The average Bonchev–Trinajstić information content (AvgIpc) is 3.09. The first kappa shape index (κ1) is 19.4. The number of nitrogens with zero attached hydrogens (tertiary/aromatic N) is 5. The summed E-state index contributed by atoms with van der Waals surface area (Å²) in [5, 5.41) is 20.7. The van der Waals surface area contributed by atoms with Crippen molar-refractivity contribution in [2.75, 3.05) is 0 Å². The summed E-state index contributed by atoms with van der Waals surface area (Å²) in [6.07, 6.45) is 1.70. The van der Waals surface area contributed by atoms with E-state index in [0.29, 0.717) is 28.8 Å². The van der Waals surface area contributed by atoms with Crippen LogP contribution in [0.2, 0.25) is 0 Å². The Bertz CT molecular complexity index is 1550. The molecule has 0 radical (unpaired) electrons. The molecule has 0 unspecified atom stereocenters. The maximum absolute atomic E-state index is 13.3. The first-order chi connectivity index (χ1) is 15.7. The molecule has 32 heavy (non-hydrogen) atoms. The lowest BCUT2D eigenvalue weighted by Gasteiger charge is -2.09. The highest BCUT2D eigenvalue weighted by atomic mass is 16.3. The van der Waals surface area contributed by atoms with E-state index in [9.17, 15) is 9.90 Å². The zero-order valence-corrected chi connectivity index (χ0v) is 17.1. The van der Waals surface area contributed by atoms with Gasteiger partial charge in [-0.3, -0.25) is 4.79 Å². The van der Waals surface area contributed by atoms with Crippen molar-refractivity contribution in [3.8, 4) is 11.6 Å². The van der Waals surface area contributed by atoms with Crippen LogP contribution in [0.1, 0.15) is 0 Å². The van der Waals surface area contributed by atoms with Crippen LogP contribution in [0.4, 0.5) is 11.6 Å². The Kier molecular flexibility index (Phi) is 4.84. The van der Waals surface area contributed by atoms with E-state index >= 15 is 0 Å². The van der Waals surface area contributed by atoms with Gasteiger partial charge >= 0.3 is 0 Å². The number of hydrogen-bond acceptors (Lipinski definition) is 5. The molecule has 0 amide bonds. The molecule has 2 heterocycles. The molecule has 3 aromatic carbocycles. The van der Waals surface area contributed by atoms with Gasteiger partial charge in [0, 0.05) is 11.9 Å². The fourth-order valence-corrected chi connectivity index (χ4v) is 3.78. The Hall–Kier alpha value is -4.52. The van der Waals surface area contributed by atoms with Crippen molar-refractivity contribution in [2.24, 2.45) is 10.2 Å². The van der Waals surface area contributed by atoms with Crippen molar-refractivity contribution in [2.45, 2.75) is 6.54 Å². The van der Waals surface area contributed by atoms with Crippen LogP contribution >= 0.6 is 0 Å². The Morgan fingerprint density at radius 2 is 1.59 bits per heavy atom. The number of aromatic nitrogens is 3. The second-order valence-electron chi connectivity index (χ2n) is 7.19. The summed E-state index contributed by atoms with van der Waals surface area (Å²) in [6, 6.07) is 23.8. The molecule has 0 saturated heterocycles. The van der Waals surface area contributed by atoms with E-state index in [4.69, 9.17) is 0 Å². The van der Waals surface area contributed by atoms with Gasteiger partial charge in [-0.2, -0.15) is 0 Å². The number of hydrogen-bond donors (Lipinski definition) is 1. The molecule has 0 aliphatic rings. The average molecular weight is 421 g/mol. The molecule has 0 aliphatic heterocycles. The molecule has 0 saturated carbocycles. The number of aromatic hydroxyl groups is 1. The highest BCUT2D eigenvalue weighted by Crippen LogP contribution is 2.39. The van der Waals surface area contributed by atoms with Gasteiger partial charge in [0.05, 0.1) is 22.1 Å². The van der Waals surface area contributed by atoms with Crippen LogP contribution in [0.25, 0.3) is 27.5 Å². The summed E-state index contributed by atoms with van der Waals surface area (Å²) < 4.78 is 3.13. The number of para-hydroxylation sites is 3.